The van der Waals surface area contributed by atoms with Gasteiger partial charge in [0.05, 0.1) is 0 Å². The fraction of sp³-hybridized carbons (Fsp3) is 1.00. The lowest BCUT2D eigenvalue weighted by molar-refractivity contribution is 0.243. The molecule has 0 amide bonds. The Kier molecular flexibility index (Phi) is 3.98. The molecule has 0 saturated carbocycles. The number of aliphatic hydroxyl groups is 1. The molecule has 1 rings (SSSR count). The monoisotopic (exact) mass is 172 g/mol. The first kappa shape index (κ1) is 9.96. The van der Waals surface area contributed by atoms with Gasteiger partial charge in [0, 0.05) is 25.7 Å². The smallest absolute Gasteiger partial charge is 0.0446 e. The zero-order chi connectivity index (χ0) is 8.97. The van der Waals surface area contributed by atoms with E-state index in [0.717, 1.165) is 32.0 Å². The molecule has 0 spiro atoms. The fourth-order valence-corrected chi connectivity index (χ4v) is 1.83. The maximum atomic E-state index is 8.80. The van der Waals surface area contributed by atoms with Crippen molar-refractivity contribution in [2.75, 3.05) is 33.3 Å². The van der Waals surface area contributed by atoms with Gasteiger partial charge in [0.15, 0.2) is 0 Å². The standard InChI is InChI=1S/C9H20N2O/c1-8-5-10-9(3-4-12)7-11(2)6-8/h8-10,12H,3-7H2,1-2H3. The second-order valence-electron chi connectivity index (χ2n) is 3.94. The van der Waals surface area contributed by atoms with Gasteiger partial charge in [-0.3, -0.25) is 0 Å². The average molecular weight is 172 g/mol. The summed E-state index contributed by atoms with van der Waals surface area (Å²) >= 11 is 0. The SMILES string of the molecule is CC1CNC(CCO)CN(C)C1. The van der Waals surface area contributed by atoms with Crippen LogP contribution in [0.3, 0.4) is 0 Å². The summed E-state index contributed by atoms with van der Waals surface area (Å²) in [5, 5.41) is 12.3. The molecule has 0 aromatic rings. The first-order valence-corrected chi connectivity index (χ1v) is 4.75. The minimum Gasteiger partial charge on any atom is -0.396 e. The van der Waals surface area contributed by atoms with Gasteiger partial charge in [0.25, 0.3) is 0 Å². The molecule has 12 heavy (non-hydrogen) atoms. The Morgan fingerprint density at radius 2 is 2.25 bits per heavy atom. The van der Waals surface area contributed by atoms with Crippen LogP contribution in [0, 0.1) is 5.92 Å². The van der Waals surface area contributed by atoms with Gasteiger partial charge in [-0.1, -0.05) is 6.92 Å². The Morgan fingerprint density at radius 1 is 1.50 bits per heavy atom. The van der Waals surface area contributed by atoms with Crippen LogP contribution in [0.1, 0.15) is 13.3 Å². The van der Waals surface area contributed by atoms with Crippen LogP contribution in [0.2, 0.25) is 0 Å². The van der Waals surface area contributed by atoms with Gasteiger partial charge >= 0.3 is 0 Å². The Hall–Kier alpha value is -0.120. The van der Waals surface area contributed by atoms with E-state index >= 15 is 0 Å². The second-order valence-corrected chi connectivity index (χ2v) is 3.94. The molecule has 1 fully saturated rings. The number of hydrogen-bond acceptors (Lipinski definition) is 3. The Labute approximate surface area is 74.8 Å². The van der Waals surface area contributed by atoms with Crippen LogP contribution in [0.4, 0.5) is 0 Å². The molecule has 3 heteroatoms. The van der Waals surface area contributed by atoms with Crippen LogP contribution in [0.15, 0.2) is 0 Å². The summed E-state index contributed by atoms with van der Waals surface area (Å²) in [5.41, 5.74) is 0. The van der Waals surface area contributed by atoms with Crippen LogP contribution >= 0.6 is 0 Å². The average Bonchev–Trinajstić information content (AvgIpc) is 2.13. The highest BCUT2D eigenvalue weighted by atomic mass is 16.3. The van der Waals surface area contributed by atoms with E-state index in [1.807, 2.05) is 0 Å². The Bertz CT molecular complexity index is 130. The molecule has 1 saturated heterocycles. The molecule has 3 nitrogen and oxygen atoms in total. The maximum Gasteiger partial charge on any atom is 0.0446 e. The molecular weight excluding hydrogens is 152 g/mol. The summed E-state index contributed by atoms with van der Waals surface area (Å²) < 4.78 is 0. The number of likely N-dealkylation sites (N-methyl/N-ethyl adjacent to an activating group) is 1. The van der Waals surface area contributed by atoms with Crippen molar-refractivity contribution < 1.29 is 5.11 Å². The normalized spacial score (nSPS) is 33.2. The lowest BCUT2D eigenvalue weighted by Crippen LogP contribution is -2.36. The minimum absolute atomic E-state index is 0.292. The summed E-state index contributed by atoms with van der Waals surface area (Å²) in [6, 6.07) is 0.477. The predicted octanol–water partition coefficient (Wildman–Crippen LogP) is -0.0915. The predicted molar refractivity (Wildman–Crippen MR) is 50.2 cm³/mol. The number of nitrogens with zero attached hydrogens (tertiary/aromatic N) is 1. The third-order valence-electron chi connectivity index (χ3n) is 2.39. The number of aliphatic hydroxyl groups excluding tert-OH is 1. The summed E-state index contributed by atoms with van der Waals surface area (Å²) in [5.74, 6) is 0.721. The summed E-state index contributed by atoms with van der Waals surface area (Å²) in [6.45, 7) is 5.85. The summed E-state index contributed by atoms with van der Waals surface area (Å²) in [6.07, 6.45) is 0.872. The van der Waals surface area contributed by atoms with E-state index in [4.69, 9.17) is 5.11 Å². The zero-order valence-corrected chi connectivity index (χ0v) is 8.08. The van der Waals surface area contributed by atoms with E-state index in [1.54, 1.807) is 0 Å². The molecule has 0 aromatic carbocycles. The van der Waals surface area contributed by atoms with Crippen molar-refractivity contribution in [1.29, 1.82) is 0 Å². The van der Waals surface area contributed by atoms with Gasteiger partial charge in [0.2, 0.25) is 0 Å². The number of rotatable bonds is 2. The number of hydrogen-bond donors (Lipinski definition) is 2. The second kappa shape index (κ2) is 4.80. The van der Waals surface area contributed by atoms with Crippen molar-refractivity contribution in [3.05, 3.63) is 0 Å². The van der Waals surface area contributed by atoms with E-state index in [2.05, 4.69) is 24.2 Å². The lowest BCUT2D eigenvalue weighted by atomic mass is 10.2. The van der Waals surface area contributed by atoms with E-state index in [9.17, 15) is 0 Å². The first-order valence-electron chi connectivity index (χ1n) is 4.75. The fourth-order valence-electron chi connectivity index (χ4n) is 1.83. The van der Waals surface area contributed by atoms with Crippen molar-refractivity contribution >= 4 is 0 Å². The topological polar surface area (TPSA) is 35.5 Å². The van der Waals surface area contributed by atoms with Crippen LogP contribution in [-0.2, 0) is 0 Å². The molecule has 2 atom stereocenters. The number of nitrogens with one attached hydrogen (secondary N) is 1. The molecule has 0 aliphatic carbocycles. The highest BCUT2D eigenvalue weighted by molar-refractivity contribution is 4.77. The van der Waals surface area contributed by atoms with E-state index < -0.39 is 0 Å². The van der Waals surface area contributed by atoms with Crippen molar-refractivity contribution in [2.45, 2.75) is 19.4 Å². The van der Waals surface area contributed by atoms with Crippen LogP contribution in [0.5, 0.6) is 0 Å². The first-order chi connectivity index (χ1) is 5.72. The quantitative estimate of drug-likeness (QED) is 0.611. The molecule has 72 valence electrons. The van der Waals surface area contributed by atoms with Crippen molar-refractivity contribution in [3.63, 3.8) is 0 Å². The molecule has 2 unspecified atom stereocenters. The van der Waals surface area contributed by atoms with Gasteiger partial charge in [-0.2, -0.15) is 0 Å². The summed E-state index contributed by atoms with van der Waals surface area (Å²) in [4.78, 5) is 2.34. The van der Waals surface area contributed by atoms with Crippen molar-refractivity contribution in [2.24, 2.45) is 5.92 Å². The van der Waals surface area contributed by atoms with Gasteiger partial charge in [-0.25, -0.2) is 0 Å². The van der Waals surface area contributed by atoms with Gasteiger partial charge < -0.3 is 15.3 Å². The molecule has 0 aromatic heterocycles. The Morgan fingerprint density at radius 3 is 2.92 bits per heavy atom. The van der Waals surface area contributed by atoms with Crippen LogP contribution in [0.25, 0.3) is 0 Å². The molecule has 1 heterocycles. The van der Waals surface area contributed by atoms with E-state index in [0.29, 0.717) is 12.6 Å². The Balaban J connectivity index is 2.35. The maximum absolute atomic E-state index is 8.80. The highest BCUT2D eigenvalue weighted by Crippen LogP contribution is 2.05. The van der Waals surface area contributed by atoms with Crippen LogP contribution < -0.4 is 5.32 Å². The third kappa shape index (κ3) is 3.09. The van der Waals surface area contributed by atoms with E-state index in [1.165, 1.54) is 0 Å². The van der Waals surface area contributed by atoms with E-state index in [-0.39, 0.29) is 0 Å². The third-order valence-corrected chi connectivity index (χ3v) is 2.39. The molecule has 0 bridgehead atoms. The van der Waals surface area contributed by atoms with Crippen LogP contribution in [-0.4, -0.2) is 49.3 Å². The van der Waals surface area contributed by atoms with Crippen molar-refractivity contribution in [1.82, 2.24) is 10.2 Å². The minimum atomic E-state index is 0.292. The van der Waals surface area contributed by atoms with Gasteiger partial charge in [0.1, 0.15) is 0 Å². The zero-order valence-electron chi connectivity index (χ0n) is 8.08. The molecule has 0 radical (unpaired) electrons. The van der Waals surface area contributed by atoms with Gasteiger partial charge in [-0.05, 0) is 25.9 Å². The van der Waals surface area contributed by atoms with Gasteiger partial charge in [-0.15, -0.1) is 0 Å². The lowest BCUT2D eigenvalue weighted by Gasteiger charge is -2.19. The summed E-state index contributed by atoms with van der Waals surface area (Å²) in [7, 11) is 2.15. The largest absolute Gasteiger partial charge is 0.396 e. The molecule has 1 aliphatic rings. The van der Waals surface area contributed by atoms with Crippen molar-refractivity contribution in [3.8, 4) is 0 Å². The molecule has 1 aliphatic heterocycles. The highest BCUT2D eigenvalue weighted by Gasteiger charge is 2.17. The molecule has 2 N–H and O–H groups in total. The molecular formula is C9H20N2O.